The van der Waals surface area contributed by atoms with E-state index in [1.807, 2.05) is 0 Å². The Kier molecular flexibility index (Phi) is 5.15. The van der Waals surface area contributed by atoms with E-state index in [4.69, 9.17) is 0 Å². The largest absolute Gasteiger partial charge is 0.370 e. The third kappa shape index (κ3) is 4.32. The topological polar surface area (TPSA) is 46.4 Å². The predicted octanol–water partition coefficient (Wildman–Crippen LogP) is 2.78. The fourth-order valence-corrected chi connectivity index (χ4v) is 1.99. The molecule has 0 N–H and O–H groups in total. The number of piperidine rings is 1. The molecule has 1 aliphatic rings. The van der Waals surface area contributed by atoms with E-state index in [9.17, 15) is 10.1 Å². The highest BCUT2D eigenvalue weighted by atomic mass is 16.6. The van der Waals surface area contributed by atoms with E-state index in [1.165, 1.54) is 25.5 Å². The summed E-state index contributed by atoms with van der Waals surface area (Å²) in [7, 11) is 0. The van der Waals surface area contributed by atoms with E-state index >= 15 is 0 Å². The first kappa shape index (κ1) is 12.0. The Morgan fingerprint density at radius 2 is 2.27 bits per heavy atom. The molecule has 86 valence electrons. The van der Waals surface area contributed by atoms with Gasteiger partial charge in [-0.1, -0.05) is 19.8 Å². The van der Waals surface area contributed by atoms with Crippen LogP contribution in [0.2, 0.25) is 0 Å². The number of allylic oxidation sites excluding steroid dienone is 1. The maximum absolute atomic E-state index is 10.4. The summed E-state index contributed by atoms with van der Waals surface area (Å²) < 4.78 is 0. The van der Waals surface area contributed by atoms with Gasteiger partial charge in [-0.3, -0.25) is 10.1 Å². The minimum atomic E-state index is -0.326. The van der Waals surface area contributed by atoms with Gasteiger partial charge in [-0.15, -0.1) is 0 Å². The highest BCUT2D eigenvalue weighted by molar-refractivity contribution is 4.99. The van der Waals surface area contributed by atoms with Crippen molar-refractivity contribution >= 4 is 0 Å². The van der Waals surface area contributed by atoms with Crippen LogP contribution in [0.1, 0.15) is 45.4 Å². The lowest BCUT2D eigenvalue weighted by atomic mass is 10.1. The normalized spacial score (nSPS) is 19.5. The molecule has 0 aromatic heterocycles. The molecule has 0 aromatic rings. The van der Waals surface area contributed by atoms with Gasteiger partial charge >= 0.3 is 0 Å². The summed E-state index contributed by atoms with van der Waals surface area (Å²) in [5.74, 6) is 0. The summed E-state index contributed by atoms with van der Waals surface area (Å²) in [5, 5.41) is 10.4. The van der Waals surface area contributed by atoms with Gasteiger partial charge in [0.15, 0.2) is 0 Å². The Morgan fingerprint density at radius 3 is 2.93 bits per heavy atom. The molecule has 0 spiro atoms. The van der Waals surface area contributed by atoms with Crippen LogP contribution < -0.4 is 0 Å². The number of nitrogens with zero attached hydrogens (tertiary/aromatic N) is 2. The van der Waals surface area contributed by atoms with Crippen molar-refractivity contribution in [1.29, 1.82) is 0 Å². The zero-order valence-electron chi connectivity index (χ0n) is 9.45. The maximum Gasteiger partial charge on any atom is 0.253 e. The van der Waals surface area contributed by atoms with Gasteiger partial charge in [0.25, 0.3) is 6.20 Å². The molecule has 0 aliphatic carbocycles. The quantitative estimate of drug-likeness (QED) is 0.400. The number of likely N-dealkylation sites (tertiary alicyclic amines) is 1. The van der Waals surface area contributed by atoms with Crippen molar-refractivity contribution < 1.29 is 4.92 Å². The Bertz CT molecular complexity index is 239. The third-order valence-corrected chi connectivity index (χ3v) is 2.80. The fourth-order valence-electron chi connectivity index (χ4n) is 1.99. The van der Waals surface area contributed by atoms with Crippen molar-refractivity contribution in [1.82, 2.24) is 4.90 Å². The standard InChI is InChI=1S/C11H20N2O2/c1-2-3-5-8-12-9-6-4-7-11(12)10-13(14)15/h10H,2-9H2,1H3. The van der Waals surface area contributed by atoms with Gasteiger partial charge < -0.3 is 4.90 Å². The summed E-state index contributed by atoms with van der Waals surface area (Å²) in [6.45, 7) is 4.14. The summed E-state index contributed by atoms with van der Waals surface area (Å²) in [4.78, 5) is 12.3. The van der Waals surface area contributed by atoms with E-state index in [0.717, 1.165) is 38.0 Å². The van der Waals surface area contributed by atoms with Crippen molar-refractivity contribution in [3.8, 4) is 0 Å². The second kappa shape index (κ2) is 6.43. The Hall–Kier alpha value is -1.06. The molecule has 4 nitrogen and oxygen atoms in total. The average molecular weight is 212 g/mol. The maximum atomic E-state index is 10.4. The van der Waals surface area contributed by atoms with Gasteiger partial charge in [-0.25, -0.2) is 0 Å². The number of hydrogen-bond donors (Lipinski definition) is 0. The lowest BCUT2D eigenvalue weighted by molar-refractivity contribution is -0.404. The van der Waals surface area contributed by atoms with Crippen LogP contribution in [0.4, 0.5) is 0 Å². The first-order valence-corrected chi connectivity index (χ1v) is 5.83. The van der Waals surface area contributed by atoms with Crippen molar-refractivity contribution in [2.45, 2.75) is 45.4 Å². The summed E-state index contributed by atoms with van der Waals surface area (Å²) in [5.41, 5.74) is 0.919. The van der Waals surface area contributed by atoms with Gasteiger partial charge in [0.1, 0.15) is 0 Å². The average Bonchev–Trinajstić information content (AvgIpc) is 2.20. The lowest BCUT2D eigenvalue weighted by Gasteiger charge is -2.29. The van der Waals surface area contributed by atoms with Crippen molar-refractivity contribution in [2.24, 2.45) is 0 Å². The molecular formula is C11H20N2O2. The molecule has 4 heteroatoms. The molecule has 15 heavy (non-hydrogen) atoms. The molecule has 0 unspecified atom stereocenters. The molecule has 0 atom stereocenters. The van der Waals surface area contributed by atoms with Crippen LogP contribution in [0, 0.1) is 10.1 Å². The third-order valence-electron chi connectivity index (χ3n) is 2.80. The summed E-state index contributed by atoms with van der Waals surface area (Å²) in [6, 6.07) is 0. The minimum Gasteiger partial charge on any atom is -0.370 e. The predicted molar refractivity (Wildman–Crippen MR) is 60.0 cm³/mol. The molecule has 1 rings (SSSR count). The van der Waals surface area contributed by atoms with E-state index in [-0.39, 0.29) is 4.92 Å². The zero-order chi connectivity index (χ0) is 11.1. The highest BCUT2D eigenvalue weighted by Crippen LogP contribution is 2.20. The molecule has 0 bridgehead atoms. The van der Waals surface area contributed by atoms with Gasteiger partial charge in [-0.05, 0) is 25.7 Å². The smallest absolute Gasteiger partial charge is 0.253 e. The fraction of sp³-hybridized carbons (Fsp3) is 0.818. The van der Waals surface area contributed by atoms with Crippen LogP contribution in [0.15, 0.2) is 11.9 Å². The molecular weight excluding hydrogens is 192 g/mol. The van der Waals surface area contributed by atoms with Gasteiger partial charge in [-0.2, -0.15) is 0 Å². The first-order chi connectivity index (χ1) is 7.24. The monoisotopic (exact) mass is 212 g/mol. The number of rotatable bonds is 5. The minimum absolute atomic E-state index is 0.326. The van der Waals surface area contributed by atoms with Crippen LogP contribution >= 0.6 is 0 Å². The molecule has 0 saturated carbocycles. The SMILES string of the molecule is CCCCCN1CCCCC1=C[N+](=O)[O-]. The zero-order valence-corrected chi connectivity index (χ0v) is 9.45. The van der Waals surface area contributed by atoms with Gasteiger partial charge in [0, 0.05) is 13.1 Å². The van der Waals surface area contributed by atoms with Crippen molar-refractivity contribution in [2.75, 3.05) is 13.1 Å². The van der Waals surface area contributed by atoms with Gasteiger partial charge in [0.05, 0.1) is 10.6 Å². The van der Waals surface area contributed by atoms with E-state index in [2.05, 4.69) is 11.8 Å². The van der Waals surface area contributed by atoms with Crippen LogP contribution in [0.25, 0.3) is 0 Å². The van der Waals surface area contributed by atoms with E-state index in [1.54, 1.807) is 0 Å². The highest BCUT2D eigenvalue weighted by Gasteiger charge is 2.16. The molecule has 1 saturated heterocycles. The summed E-state index contributed by atoms with van der Waals surface area (Å²) >= 11 is 0. The second-order valence-corrected chi connectivity index (χ2v) is 4.06. The molecule has 1 fully saturated rings. The Morgan fingerprint density at radius 1 is 1.47 bits per heavy atom. The molecule has 1 heterocycles. The Labute approximate surface area is 91.1 Å². The Balaban J connectivity index is 2.46. The van der Waals surface area contributed by atoms with Crippen LogP contribution in [-0.2, 0) is 0 Å². The lowest BCUT2D eigenvalue weighted by Crippen LogP contribution is -2.29. The van der Waals surface area contributed by atoms with Crippen molar-refractivity contribution in [3.63, 3.8) is 0 Å². The van der Waals surface area contributed by atoms with Crippen LogP contribution in [0.5, 0.6) is 0 Å². The number of nitro groups is 1. The van der Waals surface area contributed by atoms with E-state index in [0.29, 0.717) is 0 Å². The van der Waals surface area contributed by atoms with Crippen LogP contribution in [-0.4, -0.2) is 22.9 Å². The van der Waals surface area contributed by atoms with Gasteiger partial charge in [0.2, 0.25) is 0 Å². The van der Waals surface area contributed by atoms with E-state index < -0.39 is 0 Å². The van der Waals surface area contributed by atoms with Crippen LogP contribution in [0.3, 0.4) is 0 Å². The molecule has 0 amide bonds. The molecule has 0 aromatic carbocycles. The summed E-state index contributed by atoms with van der Waals surface area (Å²) in [6.07, 6.45) is 7.86. The number of hydrogen-bond acceptors (Lipinski definition) is 3. The number of unbranched alkanes of at least 4 members (excludes halogenated alkanes) is 2. The molecule has 0 radical (unpaired) electrons. The molecule has 1 aliphatic heterocycles. The van der Waals surface area contributed by atoms with Crippen molar-refractivity contribution in [3.05, 3.63) is 22.0 Å². The first-order valence-electron chi connectivity index (χ1n) is 5.83. The second-order valence-electron chi connectivity index (χ2n) is 4.06.